The summed E-state index contributed by atoms with van der Waals surface area (Å²) in [4.78, 5) is 0. The van der Waals surface area contributed by atoms with Crippen molar-refractivity contribution in [2.75, 3.05) is 0 Å². The molecule has 6 aromatic rings. The van der Waals surface area contributed by atoms with Crippen LogP contribution in [0.25, 0.3) is 54.6 Å². The van der Waals surface area contributed by atoms with Crippen molar-refractivity contribution in [1.29, 1.82) is 0 Å². The maximum atomic E-state index is 13.2. The number of fused-ring (bicyclic) bond motifs is 5. The first kappa shape index (κ1) is 24.9. The van der Waals surface area contributed by atoms with Crippen molar-refractivity contribution >= 4 is 42.4 Å². The Bertz CT molecular complexity index is 2010. The molecule has 0 saturated carbocycles. The molecule has 0 aliphatic rings. The number of hydrogen-bond acceptors (Lipinski definition) is 3. The van der Waals surface area contributed by atoms with Gasteiger partial charge >= 0.3 is 15.6 Å². The second kappa shape index (κ2) is 9.13. The van der Waals surface area contributed by atoms with Crippen molar-refractivity contribution in [3.05, 3.63) is 115 Å². The van der Waals surface area contributed by atoms with Gasteiger partial charge in [0.1, 0.15) is 0 Å². The van der Waals surface area contributed by atoms with E-state index in [1.807, 2.05) is 60.7 Å². The highest BCUT2D eigenvalue weighted by Crippen LogP contribution is 2.44. The number of hydrogen-bond donors (Lipinski definition) is 0. The van der Waals surface area contributed by atoms with Crippen molar-refractivity contribution in [2.45, 2.75) is 12.4 Å². The molecule has 0 bridgehead atoms. The molecule has 0 amide bonds. The molecule has 3 nitrogen and oxygen atoms in total. The molecular formula is C32H21F3O3S. The van der Waals surface area contributed by atoms with Gasteiger partial charge in [0.2, 0.25) is 0 Å². The highest BCUT2D eigenvalue weighted by Gasteiger charge is 2.48. The van der Waals surface area contributed by atoms with E-state index in [0.717, 1.165) is 49.0 Å². The Morgan fingerprint density at radius 1 is 0.538 bits per heavy atom. The number of halogens is 3. The van der Waals surface area contributed by atoms with Gasteiger partial charge in [-0.2, -0.15) is 21.6 Å². The highest BCUT2D eigenvalue weighted by molar-refractivity contribution is 7.88. The zero-order valence-electron chi connectivity index (χ0n) is 20.7. The van der Waals surface area contributed by atoms with Crippen LogP contribution in [-0.2, 0) is 10.1 Å². The minimum absolute atomic E-state index is 0.246. The third-order valence-electron chi connectivity index (χ3n) is 6.98. The molecule has 7 heteroatoms. The second-order valence-corrected chi connectivity index (χ2v) is 10.9. The van der Waals surface area contributed by atoms with E-state index < -0.39 is 15.6 Å². The standard InChI is InChI=1S/C32H21F3O3S/c1-20-10-2-3-11-21(20)27-18-29-25-15-7-5-13-23(25)28(19-30(29)24-14-6-4-12-22(24)27)26-16-8-9-17-31(26)38-39(36,37)32(33,34)35/h2-19H,1H3. The van der Waals surface area contributed by atoms with Crippen LogP contribution in [0.3, 0.4) is 0 Å². The molecule has 0 aliphatic carbocycles. The molecular weight excluding hydrogens is 521 g/mol. The molecule has 0 spiro atoms. The summed E-state index contributed by atoms with van der Waals surface area (Å²) in [5, 5.41) is 5.53. The quantitative estimate of drug-likeness (QED) is 0.127. The van der Waals surface area contributed by atoms with Crippen LogP contribution in [0.1, 0.15) is 5.56 Å². The molecule has 0 N–H and O–H groups in total. The van der Waals surface area contributed by atoms with Crippen molar-refractivity contribution in [3.63, 3.8) is 0 Å². The first-order valence-corrected chi connectivity index (χ1v) is 13.6. The minimum Gasteiger partial charge on any atom is -0.375 e. The van der Waals surface area contributed by atoms with Crippen molar-refractivity contribution < 1.29 is 25.8 Å². The average molecular weight is 543 g/mol. The SMILES string of the molecule is Cc1ccccc1-c1cc2c3ccccc3c(-c3ccccc3OS(=O)(=O)C(F)(F)F)cc2c2ccccc12. The lowest BCUT2D eigenvalue weighted by Crippen LogP contribution is -2.28. The van der Waals surface area contributed by atoms with Crippen molar-refractivity contribution in [3.8, 4) is 28.0 Å². The predicted octanol–water partition coefficient (Wildman–Crippen LogP) is 9.02. The summed E-state index contributed by atoms with van der Waals surface area (Å²) in [5.41, 5.74) is -1.41. The van der Waals surface area contributed by atoms with Gasteiger partial charge < -0.3 is 4.18 Å². The Kier molecular flexibility index (Phi) is 5.84. The Labute approximate surface area is 223 Å². The second-order valence-electron chi connectivity index (χ2n) is 9.33. The fraction of sp³-hybridized carbons (Fsp3) is 0.0625. The first-order valence-electron chi connectivity index (χ1n) is 12.2. The summed E-state index contributed by atoms with van der Waals surface area (Å²) >= 11 is 0. The average Bonchev–Trinajstić information content (AvgIpc) is 2.92. The maximum absolute atomic E-state index is 13.2. The van der Waals surface area contributed by atoms with Crippen LogP contribution in [0.15, 0.2) is 109 Å². The summed E-state index contributed by atoms with van der Waals surface area (Å²) < 4.78 is 68.0. The van der Waals surface area contributed by atoms with E-state index in [-0.39, 0.29) is 11.3 Å². The van der Waals surface area contributed by atoms with Crippen LogP contribution in [-0.4, -0.2) is 13.9 Å². The van der Waals surface area contributed by atoms with Gasteiger partial charge in [0.05, 0.1) is 0 Å². The van der Waals surface area contributed by atoms with Gasteiger partial charge in [0.25, 0.3) is 0 Å². The van der Waals surface area contributed by atoms with E-state index in [4.69, 9.17) is 0 Å². The molecule has 194 valence electrons. The van der Waals surface area contributed by atoms with Crippen LogP contribution >= 0.6 is 0 Å². The summed E-state index contributed by atoms with van der Waals surface area (Å²) in [6.45, 7) is 2.07. The lowest BCUT2D eigenvalue weighted by Gasteiger charge is -2.18. The highest BCUT2D eigenvalue weighted by atomic mass is 32.2. The molecule has 0 unspecified atom stereocenters. The molecule has 0 radical (unpaired) electrons. The predicted molar refractivity (Wildman–Crippen MR) is 150 cm³/mol. The number of alkyl halides is 3. The van der Waals surface area contributed by atoms with E-state index in [1.54, 1.807) is 12.1 Å². The largest absolute Gasteiger partial charge is 0.534 e. The molecule has 0 fully saturated rings. The van der Waals surface area contributed by atoms with Gasteiger partial charge in [-0.15, -0.1) is 0 Å². The van der Waals surface area contributed by atoms with Gasteiger partial charge in [-0.3, -0.25) is 0 Å². The molecule has 0 aromatic heterocycles. The van der Waals surface area contributed by atoms with Gasteiger partial charge in [0.15, 0.2) is 5.75 Å². The molecule has 6 rings (SSSR count). The maximum Gasteiger partial charge on any atom is 0.534 e. The minimum atomic E-state index is -5.85. The Morgan fingerprint density at radius 2 is 0.974 bits per heavy atom. The summed E-state index contributed by atoms with van der Waals surface area (Å²) in [7, 11) is -5.85. The summed E-state index contributed by atoms with van der Waals surface area (Å²) in [6.07, 6.45) is 0. The first-order chi connectivity index (χ1) is 18.7. The Hall–Kier alpha value is -4.36. The topological polar surface area (TPSA) is 43.4 Å². The van der Waals surface area contributed by atoms with E-state index in [1.165, 1.54) is 12.1 Å². The van der Waals surface area contributed by atoms with E-state index in [0.29, 0.717) is 5.56 Å². The van der Waals surface area contributed by atoms with Crippen LogP contribution in [0, 0.1) is 6.92 Å². The van der Waals surface area contributed by atoms with Gasteiger partial charge in [-0.25, -0.2) is 0 Å². The van der Waals surface area contributed by atoms with Crippen LogP contribution in [0.4, 0.5) is 13.2 Å². The van der Waals surface area contributed by atoms with Crippen LogP contribution in [0.2, 0.25) is 0 Å². The van der Waals surface area contributed by atoms with Gasteiger partial charge in [-0.05, 0) is 79.7 Å². The van der Waals surface area contributed by atoms with Gasteiger partial charge in [-0.1, -0.05) is 91.0 Å². The fourth-order valence-corrected chi connectivity index (χ4v) is 5.68. The van der Waals surface area contributed by atoms with E-state index in [9.17, 15) is 21.6 Å². The number of benzene rings is 6. The summed E-state index contributed by atoms with van der Waals surface area (Å²) in [6, 6.07) is 33.7. The Morgan fingerprint density at radius 3 is 1.51 bits per heavy atom. The number of aryl methyl sites for hydroxylation is 1. The molecule has 39 heavy (non-hydrogen) atoms. The molecule has 0 saturated heterocycles. The lowest BCUT2D eigenvalue weighted by molar-refractivity contribution is -0.0499. The van der Waals surface area contributed by atoms with E-state index in [2.05, 4.69) is 35.4 Å². The lowest BCUT2D eigenvalue weighted by atomic mass is 9.87. The van der Waals surface area contributed by atoms with Crippen molar-refractivity contribution in [2.24, 2.45) is 0 Å². The van der Waals surface area contributed by atoms with E-state index >= 15 is 0 Å². The van der Waals surface area contributed by atoms with Crippen LogP contribution in [0.5, 0.6) is 5.75 Å². The summed E-state index contributed by atoms with van der Waals surface area (Å²) in [5.74, 6) is -0.389. The fourth-order valence-electron chi connectivity index (χ4n) is 5.20. The monoisotopic (exact) mass is 542 g/mol. The molecule has 0 atom stereocenters. The third kappa shape index (κ3) is 4.19. The molecule has 0 heterocycles. The Balaban J connectivity index is 1.70. The third-order valence-corrected chi connectivity index (χ3v) is 7.94. The number of para-hydroxylation sites is 1. The van der Waals surface area contributed by atoms with Gasteiger partial charge in [0, 0.05) is 5.56 Å². The van der Waals surface area contributed by atoms with Crippen LogP contribution < -0.4 is 4.18 Å². The van der Waals surface area contributed by atoms with Crippen molar-refractivity contribution in [1.82, 2.24) is 0 Å². The normalized spacial score (nSPS) is 12.3. The molecule has 6 aromatic carbocycles. The zero-order chi connectivity index (χ0) is 27.4. The smallest absolute Gasteiger partial charge is 0.375 e. The zero-order valence-corrected chi connectivity index (χ0v) is 21.5. The molecule has 0 aliphatic heterocycles. The number of rotatable bonds is 4.